The van der Waals surface area contributed by atoms with Crippen molar-refractivity contribution in [2.75, 3.05) is 0 Å². The Balaban J connectivity index is 1.40. The first-order valence-electron chi connectivity index (χ1n) is 8.80. The van der Waals surface area contributed by atoms with Crippen LogP contribution in [0, 0.1) is 5.82 Å². The summed E-state index contributed by atoms with van der Waals surface area (Å²) in [6, 6.07) is 17.7. The molecular formula is C22H18BrFO4. The highest BCUT2D eigenvalue weighted by Crippen LogP contribution is 2.26. The molecule has 6 heteroatoms. The van der Waals surface area contributed by atoms with Crippen molar-refractivity contribution in [2.24, 2.45) is 0 Å². The molecule has 0 aliphatic carbocycles. The van der Waals surface area contributed by atoms with E-state index >= 15 is 0 Å². The molecule has 0 atom stereocenters. The zero-order valence-corrected chi connectivity index (χ0v) is 16.6. The van der Waals surface area contributed by atoms with Gasteiger partial charge in [-0.2, -0.15) is 0 Å². The lowest BCUT2D eigenvalue weighted by molar-refractivity contribution is -0.145. The molecule has 0 saturated heterocycles. The van der Waals surface area contributed by atoms with E-state index in [4.69, 9.17) is 9.47 Å². The van der Waals surface area contributed by atoms with E-state index in [1.165, 1.54) is 18.2 Å². The quantitative estimate of drug-likeness (QED) is 0.353. The Morgan fingerprint density at radius 3 is 2.43 bits per heavy atom. The SMILES string of the molecule is O=C(CCCC(=O)Oc1ccc(F)cc1Br)OCc1ccc2ccccc2c1. The Bertz CT molecular complexity index is 1000. The van der Waals surface area contributed by atoms with Gasteiger partial charge >= 0.3 is 11.9 Å². The van der Waals surface area contributed by atoms with Crippen molar-refractivity contribution >= 4 is 38.6 Å². The molecule has 4 nitrogen and oxygen atoms in total. The van der Waals surface area contributed by atoms with Crippen molar-refractivity contribution in [3.63, 3.8) is 0 Å². The number of fused-ring (bicyclic) bond motifs is 1. The summed E-state index contributed by atoms with van der Waals surface area (Å²) in [6.07, 6.45) is 0.496. The summed E-state index contributed by atoms with van der Waals surface area (Å²) in [6.45, 7) is 0.191. The van der Waals surface area contributed by atoms with Crippen LogP contribution in [0.4, 0.5) is 4.39 Å². The molecule has 3 rings (SSSR count). The molecule has 0 unspecified atom stereocenters. The number of rotatable bonds is 7. The Kier molecular flexibility index (Phi) is 6.76. The van der Waals surface area contributed by atoms with Crippen LogP contribution in [0.2, 0.25) is 0 Å². The molecule has 0 radical (unpaired) electrons. The van der Waals surface area contributed by atoms with Gasteiger partial charge in [0.25, 0.3) is 0 Å². The van der Waals surface area contributed by atoms with Gasteiger partial charge in [-0.05, 0) is 63.0 Å². The molecule has 0 heterocycles. The fourth-order valence-corrected chi connectivity index (χ4v) is 3.11. The van der Waals surface area contributed by atoms with E-state index < -0.39 is 11.8 Å². The van der Waals surface area contributed by atoms with Crippen LogP contribution in [0.1, 0.15) is 24.8 Å². The molecule has 0 amide bonds. The number of carbonyl (C=O) groups excluding carboxylic acids is 2. The molecule has 0 saturated carbocycles. The average molecular weight is 445 g/mol. The molecule has 0 fully saturated rings. The monoisotopic (exact) mass is 444 g/mol. The predicted octanol–water partition coefficient (Wildman–Crippen LogP) is 5.56. The van der Waals surface area contributed by atoms with Crippen molar-refractivity contribution in [1.82, 2.24) is 0 Å². The number of ether oxygens (including phenoxy) is 2. The van der Waals surface area contributed by atoms with Crippen LogP contribution in [0.25, 0.3) is 10.8 Å². The minimum absolute atomic E-state index is 0.0644. The van der Waals surface area contributed by atoms with Crippen LogP contribution in [-0.4, -0.2) is 11.9 Å². The van der Waals surface area contributed by atoms with Gasteiger partial charge in [0.05, 0.1) is 4.47 Å². The Hall–Kier alpha value is -2.73. The third-order valence-electron chi connectivity index (χ3n) is 4.09. The van der Waals surface area contributed by atoms with Gasteiger partial charge in [-0.1, -0.05) is 36.4 Å². The maximum atomic E-state index is 13.0. The highest BCUT2D eigenvalue weighted by molar-refractivity contribution is 9.10. The number of carbonyl (C=O) groups is 2. The molecule has 0 N–H and O–H groups in total. The second-order valence-corrected chi connectivity index (χ2v) is 7.10. The molecular weight excluding hydrogens is 427 g/mol. The lowest BCUT2D eigenvalue weighted by Gasteiger charge is -2.07. The summed E-state index contributed by atoms with van der Waals surface area (Å²) in [5, 5.41) is 2.22. The lowest BCUT2D eigenvalue weighted by Crippen LogP contribution is -2.10. The van der Waals surface area contributed by atoms with Gasteiger partial charge in [-0.25, -0.2) is 4.39 Å². The number of hydrogen-bond acceptors (Lipinski definition) is 4. The zero-order chi connectivity index (χ0) is 19.9. The van der Waals surface area contributed by atoms with E-state index in [9.17, 15) is 14.0 Å². The Labute approximate surface area is 170 Å². The van der Waals surface area contributed by atoms with Crippen molar-refractivity contribution in [3.05, 3.63) is 76.5 Å². The topological polar surface area (TPSA) is 52.6 Å². The Morgan fingerprint density at radius 1 is 0.893 bits per heavy atom. The standard InChI is InChI=1S/C22H18BrFO4/c23-19-13-18(24)10-11-20(19)28-22(26)7-3-6-21(25)27-14-15-8-9-16-4-1-2-5-17(16)12-15/h1-2,4-5,8-13H,3,6-7,14H2. The van der Waals surface area contributed by atoms with Gasteiger partial charge in [-0.15, -0.1) is 0 Å². The first-order chi connectivity index (χ1) is 13.5. The fraction of sp³-hybridized carbons (Fsp3) is 0.182. The smallest absolute Gasteiger partial charge is 0.311 e. The van der Waals surface area contributed by atoms with Crippen molar-refractivity contribution in [1.29, 1.82) is 0 Å². The highest BCUT2D eigenvalue weighted by atomic mass is 79.9. The van der Waals surface area contributed by atoms with E-state index in [0.717, 1.165) is 16.3 Å². The highest BCUT2D eigenvalue weighted by Gasteiger charge is 2.11. The van der Waals surface area contributed by atoms with Crippen molar-refractivity contribution in [2.45, 2.75) is 25.9 Å². The number of halogens is 2. The van der Waals surface area contributed by atoms with E-state index in [1.807, 2.05) is 42.5 Å². The van der Waals surface area contributed by atoms with Crippen molar-refractivity contribution in [3.8, 4) is 5.75 Å². The minimum Gasteiger partial charge on any atom is -0.461 e. The Morgan fingerprint density at radius 2 is 1.64 bits per heavy atom. The second kappa shape index (κ2) is 9.46. The summed E-state index contributed by atoms with van der Waals surface area (Å²) in [5.74, 6) is -1.05. The van der Waals surface area contributed by atoms with Crippen LogP contribution in [0.3, 0.4) is 0 Å². The largest absolute Gasteiger partial charge is 0.461 e. The molecule has 0 aliphatic heterocycles. The third-order valence-corrected chi connectivity index (χ3v) is 4.71. The molecule has 3 aromatic carbocycles. The molecule has 28 heavy (non-hydrogen) atoms. The van der Waals surface area contributed by atoms with Gasteiger partial charge in [0.2, 0.25) is 0 Å². The molecule has 3 aromatic rings. The van der Waals surface area contributed by atoms with Gasteiger partial charge in [0.15, 0.2) is 0 Å². The number of hydrogen-bond donors (Lipinski definition) is 0. The summed E-state index contributed by atoms with van der Waals surface area (Å²) >= 11 is 3.13. The maximum absolute atomic E-state index is 13.0. The summed E-state index contributed by atoms with van der Waals surface area (Å²) < 4.78 is 23.8. The summed E-state index contributed by atoms with van der Waals surface area (Å²) in [4.78, 5) is 23.7. The van der Waals surface area contributed by atoms with E-state index in [2.05, 4.69) is 15.9 Å². The second-order valence-electron chi connectivity index (χ2n) is 6.24. The van der Waals surface area contributed by atoms with Crippen molar-refractivity contribution < 1.29 is 23.5 Å². The van der Waals surface area contributed by atoms with E-state index in [-0.39, 0.29) is 31.2 Å². The van der Waals surface area contributed by atoms with Gasteiger partial charge < -0.3 is 9.47 Å². The average Bonchev–Trinajstić information content (AvgIpc) is 2.68. The minimum atomic E-state index is -0.491. The first kappa shape index (κ1) is 20.0. The van der Waals surface area contributed by atoms with Crippen LogP contribution in [0.15, 0.2) is 65.1 Å². The predicted molar refractivity (Wildman–Crippen MR) is 107 cm³/mol. The molecule has 144 valence electrons. The van der Waals surface area contributed by atoms with Gasteiger partial charge in [0.1, 0.15) is 18.2 Å². The van der Waals surface area contributed by atoms with Gasteiger partial charge in [-0.3, -0.25) is 9.59 Å². The lowest BCUT2D eigenvalue weighted by atomic mass is 10.1. The zero-order valence-electron chi connectivity index (χ0n) is 15.0. The van der Waals surface area contributed by atoms with E-state index in [1.54, 1.807) is 0 Å². The van der Waals surface area contributed by atoms with Crippen LogP contribution < -0.4 is 4.74 Å². The van der Waals surface area contributed by atoms with Crippen LogP contribution in [0.5, 0.6) is 5.75 Å². The van der Waals surface area contributed by atoms with Crippen LogP contribution >= 0.6 is 15.9 Å². The summed E-state index contributed by atoms with van der Waals surface area (Å²) in [5.41, 5.74) is 0.910. The summed E-state index contributed by atoms with van der Waals surface area (Å²) in [7, 11) is 0. The molecule has 0 aliphatic rings. The third kappa shape index (κ3) is 5.63. The van der Waals surface area contributed by atoms with Crippen LogP contribution in [-0.2, 0) is 20.9 Å². The van der Waals surface area contributed by atoms with E-state index in [0.29, 0.717) is 10.9 Å². The molecule has 0 aromatic heterocycles. The normalized spacial score (nSPS) is 10.6. The fourth-order valence-electron chi connectivity index (χ4n) is 2.67. The molecule has 0 bridgehead atoms. The number of benzene rings is 3. The van der Waals surface area contributed by atoms with Gasteiger partial charge in [0, 0.05) is 12.8 Å². The first-order valence-corrected chi connectivity index (χ1v) is 9.59. The maximum Gasteiger partial charge on any atom is 0.311 e. The number of esters is 2. The molecule has 0 spiro atoms.